The van der Waals surface area contributed by atoms with E-state index in [1.807, 2.05) is 6.92 Å². The lowest BCUT2D eigenvalue weighted by molar-refractivity contribution is -0.166. The Bertz CT molecular complexity index is 1300. The number of fused-ring (bicyclic) bond motifs is 7. The van der Waals surface area contributed by atoms with Crippen molar-refractivity contribution in [3.05, 3.63) is 0 Å². The third kappa shape index (κ3) is 6.55. The smallest absolute Gasteiger partial charge is 0.306 e. The highest BCUT2D eigenvalue weighted by Gasteiger charge is 2.64. The fourth-order valence-corrected chi connectivity index (χ4v) is 16.1. The highest BCUT2D eigenvalue weighted by Crippen LogP contribution is 2.67. The molecule has 8 aliphatic rings. The van der Waals surface area contributed by atoms with Crippen LogP contribution in [0.15, 0.2) is 0 Å². The minimum atomic E-state index is -0.446. The van der Waals surface area contributed by atoms with Gasteiger partial charge in [-0.15, -0.1) is 0 Å². The second-order valence-electron chi connectivity index (χ2n) is 23.5. The summed E-state index contributed by atoms with van der Waals surface area (Å²) in [5.41, 5.74) is 1.51. The average Bonchev–Trinajstić information content (AvgIpc) is 3.50. The van der Waals surface area contributed by atoms with Crippen LogP contribution in [0.2, 0.25) is 0 Å². The zero-order chi connectivity index (χ0) is 38.6. The van der Waals surface area contributed by atoms with Gasteiger partial charge in [0.05, 0.1) is 18.4 Å². The molecule has 0 aromatic carbocycles. The molecule has 0 bridgehead atoms. The molecule has 0 spiro atoms. The van der Waals surface area contributed by atoms with Crippen LogP contribution < -0.4 is 0 Å². The molecule has 12 atom stereocenters. The third-order valence-electron chi connectivity index (χ3n) is 19.0. The van der Waals surface area contributed by atoms with E-state index in [1.54, 1.807) is 0 Å². The van der Waals surface area contributed by atoms with Crippen molar-refractivity contribution in [2.75, 3.05) is 0 Å². The summed E-state index contributed by atoms with van der Waals surface area (Å²) in [6, 6.07) is 0. The number of ether oxygens (including phenoxy) is 2. The number of hydrogen-bond donors (Lipinski definition) is 1. The van der Waals surface area contributed by atoms with Crippen LogP contribution in [0.3, 0.4) is 0 Å². The molecule has 6 saturated carbocycles. The van der Waals surface area contributed by atoms with Gasteiger partial charge in [0.25, 0.3) is 0 Å². The van der Waals surface area contributed by atoms with Gasteiger partial charge >= 0.3 is 11.9 Å². The van der Waals surface area contributed by atoms with Gasteiger partial charge in [0.15, 0.2) is 0 Å². The van der Waals surface area contributed by atoms with E-state index in [0.29, 0.717) is 63.1 Å². The normalized spacial score (nSPS) is 50.9. The van der Waals surface area contributed by atoms with Gasteiger partial charge in [0.2, 0.25) is 0 Å². The lowest BCUT2D eigenvalue weighted by atomic mass is 9.45. The second kappa shape index (κ2) is 13.0. The molecule has 8 fully saturated rings. The monoisotopic (exact) mass is 725 g/mol. The van der Waals surface area contributed by atoms with Crippen LogP contribution in [-0.2, 0) is 19.1 Å². The minimum absolute atomic E-state index is 0.0350. The van der Waals surface area contributed by atoms with E-state index >= 15 is 0 Å². The topological polar surface area (TPSA) is 72.8 Å². The quantitative estimate of drug-likeness (QED) is 0.252. The molecule has 2 heterocycles. The Morgan fingerprint density at radius 3 is 1.17 bits per heavy atom. The van der Waals surface area contributed by atoms with Crippen LogP contribution in [-0.4, -0.2) is 33.8 Å². The standard InChI is InChI=1S/2C16H26O2.C15H28O/c2*1-14(2)7-5-8-15(3)11(14)6-9-16(4)12(15)10-13(17)18-16;1-11-14(4)9-6-8-13(2,3)12(14)7-10-15(11,5)16/h2*11-12H,5-10H2,1-4H3;11-12,16H,6-10H2,1-5H3/t11?,12-,15+,16-;11?,12-,15-,16+;11-,12?,14+,15+/m100/s1. The summed E-state index contributed by atoms with van der Waals surface area (Å²) in [6.45, 7) is 30.5. The first-order valence-corrected chi connectivity index (χ1v) is 21.9. The van der Waals surface area contributed by atoms with Gasteiger partial charge in [-0.3, -0.25) is 9.59 Å². The van der Waals surface area contributed by atoms with Gasteiger partial charge < -0.3 is 14.6 Å². The van der Waals surface area contributed by atoms with Crippen LogP contribution in [0, 0.1) is 68.0 Å². The van der Waals surface area contributed by atoms with Crippen molar-refractivity contribution in [3.63, 3.8) is 0 Å². The van der Waals surface area contributed by atoms with Gasteiger partial charge in [-0.1, -0.05) is 88.5 Å². The molecule has 1 N–H and O–H groups in total. The van der Waals surface area contributed by atoms with Crippen molar-refractivity contribution in [3.8, 4) is 0 Å². The Kier molecular flexibility index (Phi) is 10.1. The molecule has 5 heteroatoms. The van der Waals surface area contributed by atoms with Crippen molar-refractivity contribution in [1.82, 2.24) is 0 Å². The van der Waals surface area contributed by atoms with Gasteiger partial charge in [-0.2, -0.15) is 0 Å². The first-order valence-electron chi connectivity index (χ1n) is 21.9. The molecule has 5 nitrogen and oxygen atoms in total. The predicted octanol–water partition coefficient (Wildman–Crippen LogP) is 11.9. The summed E-state index contributed by atoms with van der Waals surface area (Å²) in [5, 5.41) is 10.5. The minimum Gasteiger partial charge on any atom is -0.459 e. The van der Waals surface area contributed by atoms with E-state index < -0.39 is 5.60 Å². The molecule has 0 aromatic heterocycles. The molecule has 52 heavy (non-hydrogen) atoms. The maximum Gasteiger partial charge on any atom is 0.306 e. The molecule has 6 aliphatic carbocycles. The number of carbonyl (C=O) groups is 2. The van der Waals surface area contributed by atoms with Crippen LogP contribution in [0.4, 0.5) is 0 Å². The van der Waals surface area contributed by atoms with Crippen molar-refractivity contribution in [2.24, 2.45) is 68.0 Å². The highest BCUT2D eigenvalue weighted by molar-refractivity contribution is 5.73. The van der Waals surface area contributed by atoms with Crippen LogP contribution in [0.25, 0.3) is 0 Å². The Morgan fingerprint density at radius 2 is 0.788 bits per heavy atom. The van der Waals surface area contributed by atoms with Gasteiger partial charge in [-0.25, -0.2) is 0 Å². The predicted molar refractivity (Wildman–Crippen MR) is 210 cm³/mol. The second-order valence-corrected chi connectivity index (χ2v) is 23.5. The molecule has 8 rings (SSSR count). The lowest BCUT2D eigenvalue weighted by Gasteiger charge is -2.60. The number of esters is 2. The zero-order valence-electron chi connectivity index (χ0n) is 36.1. The van der Waals surface area contributed by atoms with Gasteiger partial charge in [0, 0.05) is 11.8 Å². The lowest BCUT2D eigenvalue weighted by Crippen LogP contribution is -2.56. The summed E-state index contributed by atoms with van der Waals surface area (Å²) < 4.78 is 11.4. The fourth-order valence-electron chi connectivity index (χ4n) is 16.1. The maximum atomic E-state index is 11.8. The number of rotatable bonds is 0. The largest absolute Gasteiger partial charge is 0.459 e. The third-order valence-corrected chi connectivity index (χ3v) is 19.0. The summed E-state index contributed by atoms with van der Waals surface area (Å²) in [7, 11) is 0. The number of hydrogen-bond acceptors (Lipinski definition) is 5. The zero-order valence-corrected chi connectivity index (χ0v) is 36.1. The van der Waals surface area contributed by atoms with Gasteiger partial charge in [0.1, 0.15) is 11.2 Å². The molecule has 3 unspecified atom stereocenters. The molecule has 0 amide bonds. The fraction of sp³-hybridized carbons (Fsp3) is 0.957. The molecular weight excluding hydrogens is 645 g/mol. The van der Waals surface area contributed by atoms with Crippen molar-refractivity contribution >= 4 is 11.9 Å². The Balaban J connectivity index is 0.000000134. The van der Waals surface area contributed by atoms with E-state index in [1.165, 1.54) is 77.0 Å². The van der Waals surface area contributed by atoms with Crippen molar-refractivity contribution in [2.45, 2.75) is 216 Å². The average molecular weight is 725 g/mol. The molecule has 0 radical (unpaired) electrons. The molecule has 0 aromatic rings. The van der Waals surface area contributed by atoms with E-state index in [-0.39, 0.29) is 23.1 Å². The summed E-state index contributed by atoms with van der Waals surface area (Å²) in [4.78, 5) is 23.5. The van der Waals surface area contributed by atoms with Gasteiger partial charge in [-0.05, 0) is 154 Å². The van der Waals surface area contributed by atoms with Crippen LogP contribution >= 0.6 is 0 Å². The highest BCUT2D eigenvalue weighted by atomic mass is 16.6. The van der Waals surface area contributed by atoms with E-state index in [4.69, 9.17) is 9.47 Å². The number of carbonyl (C=O) groups excluding carboxylic acids is 2. The maximum absolute atomic E-state index is 11.8. The van der Waals surface area contributed by atoms with Crippen molar-refractivity contribution < 1.29 is 24.2 Å². The summed E-state index contributed by atoms with van der Waals surface area (Å²) in [6.07, 6.45) is 19.9. The first kappa shape index (κ1) is 40.6. The molecule has 2 saturated heterocycles. The summed E-state index contributed by atoms with van der Waals surface area (Å²) >= 11 is 0. The van der Waals surface area contributed by atoms with Crippen LogP contribution in [0.1, 0.15) is 199 Å². The summed E-state index contributed by atoms with van der Waals surface area (Å²) in [5.74, 6) is 3.69. The SMILES string of the molecule is CC1(C)CCC[C@@]2(C)C1CC[C@@]1(C)OC(=O)C[C@@H]12.CC1(C)CCC[C@@]2(C)C1CC[C@@]1(C)OC(=O)C[C@H]12.C[C@H]1[C@@]2(C)CCCC(C)(C)C2CC[C@@]1(C)O. The Morgan fingerprint density at radius 1 is 0.462 bits per heavy atom. The Labute approximate surface area is 319 Å². The van der Waals surface area contributed by atoms with Crippen LogP contribution in [0.5, 0.6) is 0 Å². The van der Waals surface area contributed by atoms with E-state index in [2.05, 4.69) is 83.1 Å². The molecular formula is C47H80O5. The number of aliphatic hydroxyl groups is 1. The van der Waals surface area contributed by atoms with E-state index in [9.17, 15) is 14.7 Å². The van der Waals surface area contributed by atoms with E-state index in [0.717, 1.165) is 37.0 Å². The first-order chi connectivity index (χ1) is 23.8. The van der Waals surface area contributed by atoms with Crippen molar-refractivity contribution in [1.29, 1.82) is 0 Å². The molecule has 2 aliphatic heterocycles. The molecule has 298 valence electrons. The Hall–Kier alpha value is -1.10.